The van der Waals surface area contributed by atoms with Gasteiger partial charge in [-0.15, -0.1) is 0 Å². The Kier molecular flexibility index (Phi) is 4.93. The zero-order valence-electron chi connectivity index (χ0n) is 14.2. The molecule has 0 aliphatic heterocycles. The average molecular weight is 300 g/mol. The van der Waals surface area contributed by atoms with Crippen LogP contribution in [0.15, 0.2) is 36.4 Å². The molecule has 22 heavy (non-hydrogen) atoms. The van der Waals surface area contributed by atoms with E-state index in [0.29, 0.717) is 0 Å². The molecule has 2 N–H and O–H groups in total. The maximum atomic E-state index is 9.42. The highest BCUT2D eigenvalue weighted by molar-refractivity contribution is 5.83. The minimum atomic E-state index is -0.0846. The second-order valence-corrected chi connectivity index (χ2v) is 8.01. The summed E-state index contributed by atoms with van der Waals surface area (Å²) >= 11 is 0. The summed E-state index contributed by atoms with van der Waals surface area (Å²) in [6, 6.07) is 13.1. The first-order chi connectivity index (χ1) is 10.2. The fraction of sp³-hybridized carbons (Fsp3) is 0.500. The van der Waals surface area contributed by atoms with Gasteiger partial charge in [-0.25, -0.2) is 0 Å². The molecule has 0 aromatic heterocycles. The van der Waals surface area contributed by atoms with E-state index in [1.807, 2.05) is 0 Å². The van der Waals surface area contributed by atoms with Gasteiger partial charge in [-0.1, -0.05) is 64.1 Å². The van der Waals surface area contributed by atoms with Gasteiger partial charge in [-0.2, -0.15) is 0 Å². The molecule has 0 radical (unpaired) electrons. The van der Waals surface area contributed by atoms with Crippen molar-refractivity contribution in [1.29, 1.82) is 0 Å². The van der Waals surface area contributed by atoms with Crippen LogP contribution >= 0.6 is 0 Å². The summed E-state index contributed by atoms with van der Waals surface area (Å²) in [6.07, 6.45) is 1.75. The van der Waals surface area contributed by atoms with Crippen LogP contribution in [0.1, 0.15) is 38.8 Å². The van der Waals surface area contributed by atoms with E-state index < -0.39 is 0 Å². The van der Waals surface area contributed by atoms with Crippen LogP contribution in [0.5, 0.6) is 0 Å². The summed E-state index contributed by atoms with van der Waals surface area (Å²) in [5, 5.41) is 21.3. The fourth-order valence-electron chi connectivity index (χ4n) is 2.78. The highest BCUT2D eigenvalue weighted by Crippen LogP contribution is 2.27. The SMILES string of the molecule is CC(C)(CO)Cc1ccc2cc(CC(C)(C)CO)ccc2c1. The Hall–Kier alpha value is -1.38. The van der Waals surface area contributed by atoms with E-state index in [-0.39, 0.29) is 24.0 Å². The summed E-state index contributed by atoms with van der Waals surface area (Å²) in [5.74, 6) is 0. The van der Waals surface area contributed by atoms with Crippen LogP contribution in [-0.4, -0.2) is 23.4 Å². The number of aliphatic hydroxyl groups is 2. The Balaban J connectivity index is 2.25. The molecule has 2 rings (SSSR count). The largest absolute Gasteiger partial charge is 0.396 e. The van der Waals surface area contributed by atoms with Gasteiger partial charge in [-0.05, 0) is 45.6 Å². The lowest BCUT2D eigenvalue weighted by atomic mass is 9.85. The second-order valence-electron chi connectivity index (χ2n) is 8.01. The average Bonchev–Trinajstić information content (AvgIpc) is 2.47. The zero-order valence-corrected chi connectivity index (χ0v) is 14.2. The molecule has 0 spiro atoms. The van der Waals surface area contributed by atoms with Gasteiger partial charge in [0.15, 0.2) is 0 Å². The lowest BCUT2D eigenvalue weighted by Gasteiger charge is -2.22. The fourth-order valence-corrected chi connectivity index (χ4v) is 2.78. The van der Waals surface area contributed by atoms with Crippen molar-refractivity contribution in [2.45, 2.75) is 40.5 Å². The molecule has 0 heterocycles. The highest BCUT2D eigenvalue weighted by atomic mass is 16.3. The third kappa shape index (κ3) is 4.31. The van der Waals surface area contributed by atoms with E-state index in [1.54, 1.807) is 0 Å². The van der Waals surface area contributed by atoms with Gasteiger partial charge in [-0.3, -0.25) is 0 Å². The number of aliphatic hydroxyl groups excluding tert-OH is 2. The van der Waals surface area contributed by atoms with Crippen molar-refractivity contribution >= 4 is 10.8 Å². The normalized spacial score (nSPS) is 12.8. The van der Waals surface area contributed by atoms with E-state index >= 15 is 0 Å². The molecule has 0 unspecified atom stereocenters. The first-order valence-corrected chi connectivity index (χ1v) is 7.98. The molecule has 120 valence electrons. The van der Waals surface area contributed by atoms with Crippen LogP contribution in [0, 0.1) is 10.8 Å². The quantitative estimate of drug-likeness (QED) is 0.847. The molecular formula is C20H28O2. The molecule has 0 fully saturated rings. The summed E-state index contributed by atoms with van der Waals surface area (Å²) in [5.41, 5.74) is 2.35. The molecule has 0 amide bonds. The molecule has 2 aromatic rings. The predicted octanol–water partition coefficient (Wildman–Crippen LogP) is 3.96. The summed E-state index contributed by atoms with van der Waals surface area (Å²) in [4.78, 5) is 0. The van der Waals surface area contributed by atoms with Crippen molar-refractivity contribution in [3.63, 3.8) is 0 Å². The van der Waals surface area contributed by atoms with E-state index in [9.17, 15) is 10.2 Å². The van der Waals surface area contributed by atoms with Crippen LogP contribution in [0.4, 0.5) is 0 Å². The van der Waals surface area contributed by atoms with Gasteiger partial charge in [0.05, 0.1) is 0 Å². The molecular weight excluding hydrogens is 272 g/mol. The second kappa shape index (κ2) is 6.39. The lowest BCUT2D eigenvalue weighted by Crippen LogP contribution is -2.20. The van der Waals surface area contributed by atoms with Crippen molar-refractivity contribution in [2.75, 3.05) is 13.2 Å². The van der Waals surface area contributed by atoms with Gasteiger partial charge in [0.25, 0.3) is 0 Å². The molecule has 0 aliphatic rings. The lowest BCUT2D eigenvalue weighted by molar-refractivity contribution is 0.159. The van der Waals surface area contributed by atoms with Gasteiger partial charge in [0, 0.05) is 13.2 Å². The van der Waals surface area contributed by atoms with Crippen molar-refractivity contribution < 1.29 is 10.2 Å². The molecule has 2 nitrogen and oxygen atoms in total. The van der Waals surface area contributed by atoms with Gasteiger partial charge in [0.2, 0.25) is 0 Å². The Labute approximate surface area is 133 Å². The number of fused-ring (bicyclic) bond motifs is 1. The maximum absolute atomic E-state index is 9.42. The van der Waals surface area contributed by atoms with E-state index in [4.69, 9.17) is 0 Å². The van der Waals surface area contributed by atoms with Crippen molar-refractivity contribution in [1.82, 2.24) is 0 Å². The molecule has 0 saturated carbocycles. The Bertz CT molecular complexity index is 584. The first-order valence-electron chi connectivity index (χ1n) is 7.98. The van der Waals surface area contributed by atoms with Crippen LogP contribution < -0.4 is 0 Å². The monoisotopic (exact) mass is 300 g/mol. The predicted molar refractivity (Wildman–Crippen MR) is 93.1 cm³/mol. The Morgan fingerprint density at radius 2 is 1.05 bits per heavy atom. The molecule has 2 heteroatoms. The van der Waals surface area contributed by atoms with Crippen LogP contribution in [0.2, 0.25) is 0 Å². The molecule has 0 saturated heterocycles. The topological polar surface area (TPSA) is 40.5 Å². The zero-order chi connectivity index (χ0) is 16.4. The number of benzene rings is 2. The molecule has 2 aromatic carbocycles. The van der Waals surface area contributed by atoms with Crippen LogP contribution in [0.25, 0.3) is 10.8 Å². The Morgan fingerprint density at radius 3 is 1.36 bits per heavy atom. The van der Waals surface area contributed by atoms with Crippen LogP contribution in [-0.2, 0) is 12.8 Å². The molecule has 0 bridgehead atoms. The minimum absolute atomic E-state index is 0.0846. The summed E-state index contributed by atoms with van der Waals surface area (Å²) in [6.45, 7) is 8.71. The number of hydrogen-bond donors (Lipinski definition) is 2. The standard InChI is InChI=1S/C20H28O2/c1-19(2,13-21)11-15-5-7-18-10-16(6-8-17(18)9-15)12-20(3,4)14-22/h5-10,21-22H,11-14H2,1-4H3. The van der Waals surface area contributed by atoms with E-state index in [1.165, 1.54) is 21.9 Å². The summed E-state index contributed by atoms with van der Waals surface area (Å²) < 4.78 is 0. The van der Waals surface area contributed by atoms with Gasteiger partial charge >= 0.3 is 0 Å². The molecule has 0 aliphatic carbocycles. The van der Waals surface area contributed by atoms with Crippen LogP contribution in [0.3, 0.4) is 0 Å². The summed E-state index contributed by atoms with van der Waals surface area (Å²) in [7, 11) is 0. The number of rotatable bonds is 6. The van der Waals surface area contributed by atoms with Crippen molar-refractivity contribution in [3.05, 3.63) is 47.5 Å². The number of hydrogen-bond acceptors (Lipinski definition) is 2. The third-order valence-electron chi connectivity index (χ3n) is 4.19. The minimum Gasteiger partial charge on any atom is -0.396 e. The van der Waals surface area contributed by atoms with Gasteiger partial charge < -0.3 is 10.2 Å². The first kappa shape index (κ1) is 17.0. The smallest absolute Gasteiger partial charge is 0.0485 e. The van der Waals surface area contributed by atoms with Crippen molar-refractivity contribution in [3.8, 4) is 0 Å². The highest BCUT2D eigenvalue weighted by Gasteiger charge is 2.18. The molecule has 0 atom stereocenters. The Morgan fingerprint density at radius 1 is 0.682 bits per heavy atom. The maximum Gasteiger partial charge on any atom is 0.0485 e. The van der Waals surface area contributed by atoms with E-state index in [2.05, 4.69) is 64.1 Å². The van der Waals surface area contributed by atoms with Crippen molar-refractivity contribution in [2.24, 2.45) is 10.8 Å². The third-order valence-corrected chi connectivity index (χ3v) is 4.19. The van der Waals surface area contributed by atoms with Gasteiger partial charge in [0.1, 0.15) is 0 Å². The van der Waals surface area contributed by atoms with E-state index in [0.717, 1.165) is 12.8 Å².